The van der Waals surface area contributed by atoms with Gasteiger partial charge in [0.15, 0.2) is 0 Å². The quantitative estimate of drug-likeness (QED) is 0.809. The fourth-order valence-electron chi connectivity index (χ4n) is 3.25. The van der Waals surface area contributed by atoms with Crippen LogP contribution in [0.1, 0.15) is 59.0 Å². The first-order valence-corrected chi connectivity index (χ1v) is 9.34. The van der Waals surface area contributed by atoms with Crippen molar-refractivity contribution in [3.05, 3.63) is 59.4 Å². The van der Waals surface area contributed by atoms with Crippen LogP contribution in [0.3, 0.4) is 0 Å². The Labute approximate surface area is 154 Å². The van der Waals surface area contributed by atoms with E-state index in [0.29, 0.717) is 24.3 Å². The molecule has 3 rings (SSSR count). The zero-order chi connectivity index (χ0) is 18.4. The number of aryl methyl sites for hydroxylation is 1. The number of amides is 2. The molecule has 0 aliphatic carbocycles. The molecule has 2 heterocycles. The molecule has 0 saturated heterocycles. The SMILES string of the molecule is CCCCCNC(=O)c1ccnc(C(=O)N2CCCc3ccccc32)c1. The molecule has 1 aromatic heterocycles. The minimum atomic E-state index is -0.156. The first-order chi connectivity index (χ1) is 12.7. The van der Waals surface area contributed by atoms with Crippen molar-refractivity contribution in [2.75, 3.05) is 18.0 Å². The highest BCUT2D eigenvalue weighted by atomic mass is 16.2. The maximum atomic E-state index is 13.0. The first kappa shape index (κ1) is 18.1. The van der Waals surface area contributed by atoms with Crippen molar-refractivity contribution in [1.29, 1.82) is 0 Å². The van der Waals surface area contributed by atoms with E-state index >= 15 is 0 Å². The normalized spacial score (nSPS) is 13.2. The summed E-state index contributed by atoms with van der Waals surface area (Å²) in [4.78, 5) is 31.2. The molecule has 5 heteroatoms. The van der Waals surface area contributed by atoms with E-state index in [-0.39, 0.29) is 11.8 Å². The number of benzene rings is 1. The lowest BCUT2D eigenvalue weighted by molar-refractivity contribution is 0.0953. The number of nitrogens with zero attached hydrogens (tertiary/aromatic N) is 2. The molecule has 0 spiro atoms. The molecule has 5 nitrogen and oxygen atoms in total. The number of para-hydroxylation sites is 1. The number of aromatic nitrogens is 1. The maximum Gasteiger partial charge on any atom is 0.276 e. The second-order valence-electron chi connectivity index (χ2n) is 6.58. The summed E-state index contributed by atoms with van der Waals surface area (Å²) >= 11 is 0. The van der Waals surface area contributed by atoms with Crippen LogP contribution in [-0.2, 0) is 6.42 Å². The van der Waals surface area contributed by atoms with Gasteiger partial charge in [0, 0.05) is 30.5 Å². The van der Waals surface area contributed by atoms with Gasteiger partial charge in [0.25, 0.3) is 11.8 Å². The van der Waals surface area contributed by atoms with E-state index in [1.165, 1.54) is 11.8 Å². The Balaban J connectivity index is 1.74. The van der Waals surface area contributed by atoms with Crippen LogP contribution in [0.5, 0.6) is 0 Å². The van der Waals surface area contributed by atoms with Gasteiger partial charge in [-0.2, -0.15) is 0 Å². The Morgan fingerprint density at radius 2 is 2.04 bits per heavy atom. The van der Waals surface area contributed by atoms with Gasteiger partial charge in [-0.3, -0.25) is 14.6 Å². The van der Waals surface area contributed by atoms with E-state index in [2.05, 4.69) is 23.3 Å². The zero-order valence-electron chi connectivity index (χ0n) is 15.2. The number of rotatable bonds is 6. The highest BCUT2D eigenvalue weighted by molar-refractivity contribution is 6.06. The summed E-state index contributed by atoms with van der Waals surface area (Å²) in [5.41, 5.74) is 2.91. The highest BCUT2D eigenvalue weighted by Gasteiger charge is 2.24. The zero-order valence-corrected chi connectivity index (χ0v) is 15.2. The van der Waals surface area contributed by atoms with E-state index < -0.39 is 0 Å². The van der Waals surface area contributed by atoms with Gasteiger partial charge in [0.05, 0.1) is 0 Å². The monoisotopic (exact) mass is 351 g/mol. The van der Waals surface area contributed by atoms with E-state index in [1.54, 1.807) is 17.0 Å². The van der Waals surface area contributed by atoms with Crippen LogP contribution in [0.4, 0.5) is 5.69 Å². The maximum absolute atomic E-state index is 13.0. The molecule has 26 heavy (non-hydrogen) atoms. The minimum absolute atomic E-state index is 0.155. The number of anilines is 1. The molecule has 1 aliphatic heterocycles. The van der Waals surface area contributed by atoms with Gasteiger partial charge < -0.3 is 10.2 Å². The molecule has 2 aromatic rings. The van der Waals surface area contributed by atoms with E-state index in [4.69, 9.17) is 0 Å². The van der Waals surface area contributed by atoms with Gasteiger partial charge in [-0.05, 0) is 43.0 Å². The Morgan fingerprint density at radius 3 is 2.88 bits per heavy atom. The second kappa shape index (κ2) is 8.61. The van der Waals surface area contributed by atoms with Gasteiger partial charge in [-0.15, -0.1) is 0 Å². The molecule has 0 atom stereocenters. The molecule has 0 saturated carbocycles. The van der Waals surface area contributed by atoms with Crippen molar-refractivity contribution in [2.45, 2.75) is 39.0 Å². The average molecular weight is 351 g/mol. The van der Waals surface area contributed by atoms with Crippen molar-refractivity contribution in [1.82, 2.24) is 10.3 Å². The number of hydrogen-bond donors (Lipinski definition) is 1. The third-order valence-corrected chi connectivity index (χ3v) is 4.66. The lowest BCUT2D eigenvalue weighted by Gasteiger charge is -2.29. The molecule has 1 N–H and O–H groups in total. The summed E-state index contributed by atoms with van der Waals surface area (Å²) in [5.74, 6) is -0.311. The predicted octanol–water partition coefficient (Wildman–Crippen LogP) is 3.59. The summed E-state index contributed by atoms with van der Waals surface area (Å²) in [6.45, 7) is 3.45. The van der Waals surface area contributed by atoms with Gasteiger partial charge in [-0.1, -0.05) is 38.0 Å². The molecule has 2 amide bonds. The fourth-order valence-corrected chi connectivity index (χ4v) is 3.25. The molecular formula is C21H25N3O2. The molecular weight excluding hydrogens is 326 g/mol. The van der Waals surface area contributed by atoms with E-state index in [9.17, 15) is 9.59 Å². The van der Waals surface area contributed by atoms with E-state index in [0.717, 1.165) is 37.8 Å². The number of unbranched alkanes of at least 4 members (excludes halogenated alkanes) is 2. The van der Waals surface area contributed by atoms with Gasteiger partial charge in [-0.25, -0.2) is 0 Å². The van der Waals surface area contributed by atoms with Crippen molar-refractivity contribution in [2.24, 2.45) is 0 Å². The summed E-state index contributed by atoms with van der Waals surface area (Å²) in [6, 6.07) is 11.2. The number of fused-ring (bicyclic) bond motifs is 1. The van der Waals surface area contributed by atoms with Gasteiger partial charge in [0.1, 0.15) is 5.69 Å². The standard InChI is InChI=1S/C21H25N3O2/c1-2-3-6-12-23-20(25)17-11-13-22-18(15-17)21(26)24-14-7-9-16-8-4-5-10-19(16)24/h4-5,8,10-11,13,15H,2-3,6-7,9,12,14H2,1H3,(H,23,25). The number of carbonyl (C=O) groups is 2. The third kappa shape index (κ3) is 4.10. The average Bonchev–Trinajstić information content (AvgIpc) is 2.70. The molecule has 0 radical (unpaired) electrons. The smallest absolute Gasteiger partial charge is 0.276 e. The van der Waals surface area contributed by atoms with Crippen molar-refractivity contribution >= 4 is 17.5 Å². The van der Waals surface area contributed by atoms with Crippen LogP contribution in [-0.4, -0.2) is 29.9 Å². The third-order valence-electron chi connectivity index (χ3n) is 4.66. The van der Waals surface area contributed by atoms with Crippen molar-refractivity contribution in [3.63, 3.8) is 0 Å². The topological polar surface area (TPSA) is 62.3 Å². The summed E-state index contributed by atoms with van der Waals surface area (Å²) in [5, 5.41) is 2.90. The lowest BCUT2D eigenvalue weighted by Crippen LogP contribution is -2.36. The molecule has 136 valence electrons. The van der Waals surface area contributed by atoms with Crippen LogP contribution >= 0.6 is 0 Å². The van der Waals surface area contributed by atoms with Crippen molar-refractivity contribution < 1.29 is 9.59 Å². The number of pyridine rings is 1. The first-order valence-electron chi connectivity index (χ1n) is 9.34. The lowest BCUT2D eigenvalue weighted by atomic mass is 10.0. The number of carbonyl (C=O) groups excluding carboxylic acids is 2. The van der Waals surface area contributed by atoms with Crippen LogP contribution in [0.15, 0.2) is 42.6 Å². The van der Waals surface area contributed by atoms with Gasteiger partial charge >= 0.3 is 0 Å². The Bertz CT molecular complexity index is 788. The van der Waals surface area contributed by atoms with Crippen LogP contribution < -0.4 is 10.2 Å². The molecule has 0 fully saturated rings. The van der Waals surface area contributed by atoms with E-state index in [1.807, 2.05) is 18.2 Å². The summed E-state index contributed by atoms with van der Waals surface area (Å²) in [6.07, 6.45) is 6.61. The largest absolute Gasteiger partial charge is 0.352 e. The number of nitrogens with one attached hydrogen (secondary N) is 1. The Kier molecular flexibility index (Phi) is 6.00. The molecule has 1 aliphatic rings. The van der Waals surface area contributed by atoms with Gasteiger partial charge in [0.2, 0.25) is 0 Å². The fraction of sp³-hybridized carbons (Fsp3) is 0.381. The molecule has 0 bridgehead atoms. The predicted molar refractivity (Wildman–Crippen MR) is 103 cm³/mol. The summed E-state index contributed by atoms with van der Waals surface area (Å²) in [7, 11) is 0. The summed E-state index contributed by atoms with van der Waals surface area (Å²) < 4.78 is 0. The molecule has 0 unspecified atom stereocenters. The second-order valence-corrected chi connectivity index (χ2v) is 6.58. The van der Waals surface area contributed by atoms with Crippen LogP contribution in [0, 0.1) is 0 Å². The van der Waals surface area contributed by atoms with Crippen molar-refractivity contribution in [3.8, 4) is 0 Å². The highest BCUT2D eigenvalue weighted by Crippen LogP contribution is 2.27. The number of hydrogen-bond acceptors (Lipinski definition) is 3. The van der Waals surface area contributed by atoms with Crippen LogP contribution in [0.2, 0.25) is 0 Å². The van der Waals surface area contributed by atoms with Crippen LogP contribution in [0.25, 0.3) is 0 Å². The Morgan fingerprint density at radius 1 is 1.19 bits per heavy atom. The Hall–Kier alpha value is -2.69. The molecule has 1 aromatic carbocycles. The minimum Gasteiger partial charge on any atom is -0.352 e.